The lowest BCUT2D eigenvalue weighted by Crippen LogP contribution is -2.12. The van der Waals surface area contributed by atoms with Crippen LogP contribution in [-0.2, 0) is 0 Å². The fourth-order valence-corrected chi connectivity index (χ4v) is 1.82. The molecular weight excluding hydrogens is 234 g/mol. The van der Waals surface area contributed by atoms with Gasteiger partial charge in [0, 0.05) is 16.6 Å². The van der Waals surface area contributed by atoms with Crippen LogP contribution in [0.2, 0.25) is 0 Å². The van der Waals surface area contributed by atoms with E-state index in [4.69, 9.17) is 12.2 Å². The molecule has 17 heavy (non-hydrogen) atoms. The van der Waals surface area contributed by atoms with E-state index in [-0.39, 0.29) is 5.91 Å². The Morgan fingerprint density at radius 1 is 1.53 bits per heavy atom. The Morgan fingerprint density at radius 3 is 3.00 bits per heavy atom. The molecule has 0 aliphatic carbocycles. The topological polar surface area (TPSA) is 68.0 Å². The van der Waals surface area contributed by atoms with Gasteiger partial charge in [-0.05, 0) is 18.2 Å². The lowest BCUT2D eigenvalue weighted by molar-refractivity contribution is 0.102. The summed E-state index contributed by atoms with van der Waals surface area (Å²) in [7, 11) is 0. The second-order valence-electron chi connectivity index (χ2n) is 3.25. The average Bonchev–Trinajstić information content (AvgIpc) is 2.76. The van der Waals surface area contributed by atoms with E-state index in [0.29, 0.717) is 22.1 Å². The van der Waals surface area contributed by atoms with Crippen LogP contribution < -0.4 is 11.1 Å². The number of rotatable bonds is 2. The summed E-state index contributed by atoms with van der Waals surface area (Å²) in [5.41, 5.74) is 7.11. The molecular formula is C12H9N3OS. The van der Waals surface area contributed by atoms with E-state index >= 15 is 0 Å². The molecule has 0 atom stereocenters. The monoisotopic (exact) mass is 243 g/mol. The minimum Gasteiger partial charge on any atom is -0.375 e. The van der Waals surface area contributed by atoms with Gasteiger partial charge in [0.1, 0.15) is 5.69 Å². The van der Waals surface area contributed by atoms with Gasteiger partial charge >= 0.3 is 0 Å². The summed E-state index contributed by atoms with van der Waals surface area (Å²) < 4.78 is 0. The molecule has 0 aliphatic heterocycles. The molecule has 1 aromatic heterocycles. The van der Waals surface area contributed by atoms with Gasteiger partial charge in [0.2, 0.25) is 0 Å². The minimum atomic E-state index is -0.299. The van der Waals surface area contributed by atoms with Crippen molar-refractivity contribution in [2.45, 2.75) is 0 Å². The average molecular weight is 243 g/mol. The summed E-state index contributed by atoms with van der Waals surface area (Å²) >= 11 is 1.22. The highest BCUT2D eigenvalue weighted by molar-refractivity contribution is 7.13. The molecule has 0 spiro atoms. The first-order valence-electron chi connectivity index (χ1n) is 4.78. The molecule has 0 radical (unpaired) electrons. The van der Waals surface area contributed by atoms with Crippen molar-refractivity contribution in [2.75, 3.05) is 11.1 Å². The van der Waals surface area contributed by atoms with Gasteiger partial charge in [-0.15, -0.1) is 17.8 Å². The van der Waals surface area contributed by atoms with E-state index in [0.717, 1.165) is 0 Å². The first-order chi connectivity index (χ1) is 8.19. The third-order valence-corrected chi connectivity index (χ3v) is 2.72. The molecule has 3 N–H and O–H groups in total. The highest BCUT2D eigenvalue weighted by Gasteiger charge is 2.09. The third kappa shape index (κ3) is 2.62. The van der Waals surface area contributed by atoms with Crippen LogP contribution >= 0.6 is 11.3 Å². The molecule has 0 unspecified atom stereocenters. The van der Waals surface area contributed by atoms with E-state index in [1.54, 1.807) is 29.6 Å². The molecule has 84 valence electrons. The van der Waals surface area contributed by atoms with Gasteiger partial charge in [-0.3, -0.25) is 4.79 Å². The molecule has 1 aromatic carbocycles. The maximum atomic E-state index is 11.8. The predicted molar refractivity (Wildman–Crippen MR) is 68.9 cm³/mol. The van der Waals surface area contributed by atoms with Crippen molar-refractivity contribution in [2.24, 2.45) is 0 Å². The Balaban J connectivity index is 2.16. The van der Waals surface area contributed by atoms with Crippen molar-refractivity contribution in [3.05, 3.63) is 40.9 Å². The van der Waals surface area contributed by atoms with Crippen molar-refractivity contribution >= 4 is 28.1 Å². The number of nitrogens with one attached hydrogen (secondary N) is 1. The number of nitrogens with two attached hydrogens (primary N) is 1. The molecule has 0 bridgehead atoms. The van der Waals surface area contributed by atoms with Crippen LogP contribution in [0.1, 0.15) is 16.1 Å². The SMILES string of the molecule is C#Cc1cccc(NC(=O)c2csc(N)n2)c1. The van der Waals surface area contributed by atoms with Gasteiger partial charge in [0.05, 0.1) is 0 Å². The van der Waals surface area contributed by atoms with Crippen LogP contribution in [0.25, 0.3) is 0 Å². The summed E-state index contributed by atoms with van der Waals surface area (Å²) in [5.74, 6) is 2.20. The van der Waals surface area contributed by atoms with Gasteiger partial charge in [-0.25, -0.2) is 4.98 Å². The molecule has 2 rings (SSSR count). The summed E-state index contributed by atoms with van der Waals surface area (Å²) in [6.07, 6.45) is 5.27. The Morgan fingerprint density at radius 2 is 2.35 bits per heavy atom. The number of nitrogen functional groups attached to an aromatic ring is 1. The van der Waals surface area contributed by atoms with Gasteiger partial charge in [-0.2, -0.15) is 0 Å². The summed E-state index contributed by atoms with van der Waals surface area (Å²) in [6.45, 7) is 0. The largest absolute Gasteiger partial charge is 0.375 e. The Bertz CT molecular complexity index is 598. The molecule has 4 nitrogen and oxygen atoms in total. The minimum absolute atomic E-state index is 0.299. The van der Waals surface area contributed by atoms with Gasteiger partial charge in [0.25, 0.3) is 5.91 Å². The lowest BCUT2D eigenvalue weighted by atomic mass is 10.2. The maximum absolute atomic E-state index is 11.8. The summed E-state index contributed by atoms with van der Waals surface area (Å²) in [6, 6.07) is 7.04. The molecule has 0 saturated carbocycles. The number of benzene rings is 1. The van der Waals surface area contributed by atoms with E-state index < -0.39 is 0 Å². The highest BCUT2D eigenvalue weighted by Crippen LogP contribution is 2.14. The number of thiazole rings is 1. The first-order valence-corrected chi connectivity index (χ1v) is 5.66. The second kappa shape index (κ2) is 4.68. The molecule has 0 fully saturated rings. The number of terminal acetylenes is 1. The number of hydrogen-bond acceptors (Lipinski definition) is 4. The molecule has 0 saturated heterocycles. The molecule has 2 aromatic rings. The van der Waals surface area contributed by atoms with Crippen LogP contribution in [0.5, 0.6) is 0 Å². The molecule has 1 heterocycles. The number of nitrogens with zero attached hydrogens (tertiary/aromatic N) is 1. The van der Waals surface area contributed by atoms with E-state index in [1.807, 2.05) is 0 Å². The predicted octanol–water partition coefficient (Wildman–Crippen LogP) is 1.96. The zero-order chi connectivity index (χ0) is 12.3. The van der Waals surface area contributed by atoms with Crippen molar-refractivity contribution in [1.82, 2.24) is 4.98 Å². The Labute approximate surface area is 102 Å². The Kier molecular flexibility index (Phi) is 3.08. The van der Waals surface area contributed by atoms with E-state index in [2.05, 4.69) is 16.2 Å². The highest BCUT2D eigenvalue weighted by atomic mass is 32.1. The van der Waals surface area contributed by atoms with Crippen LogP contribution in [-0.4, -0.2) is 10.9 Å². The van der Waals surface area contributed by atoms with Crippen LogP contribution in [0.15, 0.2) is 29.6 Å². The number of hydrogen-bond donors (Lipinski definition) is 2. The zero-order valence-electron chi connectivity index (χ0n) is 8.81. The number of carbonyl (C=O) groups excluding carboxylic acids is 1. The maximum Gasteiger partial charge on any atom is 0.275 e. The number of carbonyl (C=O) groups is 1. The van der Waals surface area contributed by atoms with Crippen molar-refractivity contribution in [1.29, 1.82) is 0 Å². The van der Waals surface area contributed by atoms with E-state index in [1.165, 1.54) is 11.3 Å². The Hall–Kier alpha value is -2.32. The van der Waals surface area contributed by atoms with Crippen molar-refractivity contribution < 1.29 is 4.79 Å². The van der Waals surface area contributed by atoms with Crippen LogP contribution in [0, 0.1) is 12.3 Å². The number of amides is 1. The fourth-order valence-electron chi connectivity index (χ4n) is 1.27. The second-order valence-corrected chi connectivity index (χ2v) is 4.14. The first kappa shape index (κ1) is 11.2. The van der Waals surface area contributed by atoms with E-state index in [9.17, 15) is 4.79 Å². The van der Waals surface area contributed by atoms with Crippen LogP contribution in [0.3, 0.4) is 0 Å². The van der Waals surface area contributed by atoms with Gasteiger partial charge < -0.3 is 11.1 Å². The van der Waals surface area contributed by atoms with Gasteiger partial charge in [-0.1, -0.05) is 12.0 Å². The molecule has 5 heteroatoms. The fraction of sp³-hybridized carbons (Fsp3) is 0. The summed E-state index contributed by atoms with van der Waals surface area (Å²) in [4.78, 5) is 15.6. The molecule has 1 amide bonds. The standard InChI is InChI=1S/C12H9N3OS/c1-2-8-4-3-5-9(6-8)14-11(16)10-7-17-12(13)15-10/h1,3-7H,(H2,13,15)(H,14,16). The normalized spacial score (nSPS) is 9.59. The third-order valence-electron chi connectivity index (χ3n) is 2.04. The van der Waals surface area contributed by atoms with Crippen molar-refractivity contribution in [3.8, 4) is 12.3 Å². The number of anilines is 2. The van der Waals surface area contributed by atoms with Crippen LogP contribution in [0.4, 0.5) is 10.8 Å². The zero-order valence-corrected chi connectivity index (χ0v) is 9.62. The quantitative estimate of drug-likeness (QED) is 0.792. The number of aromatic nitrogens is 1. The lowest BCUT2D eigenvalue weighted by Gasteiger charge is -2.03. The van der Waals surface area contributed by atoms with Gasteiger partial charge in [0.15, 0.2) is 5.13 Å². The molecule has 0 aliphatic rings. The summed E-state index contributed by atoms with van der Waals surface area (Å²) in [5, 5.41) is 4.68. The smallest absolute Gasteiger partial charge is 0.275 e. The van der Waals surface area contributed by atoms with Crippen molar-refractivity contribution in [3.63, 3.8) is 0 Å².